The van der Waals surface area contributed by atoms with Gasteiger partial charge in [0.15, 0.2) is 0 Å². The van der Waals surface area contributed by atoms with Crippen molar-refractivity contribution in [2.24, 2.45) is 71.0 Å². The number of hydrogen-bond acceptors (Lipinski definition) is 6. The molecule has 6 nitrogen and oxygen atoms in total. The third-order valence-electron chi connectivity index (χ3n) is 30.5. The third kappa shape index (κ3) is 56.2. The zero-order chi connectivity index (χ0) is 86.7. The Balaban J connectivity index is 1.72. The maximum Gasteiger partial charge on any atom is 0.0924 e. The van der Waals surface area contributed by atoms with Crippen LogP contribution >= 0.6 is 0 Å². The lowest BCUT2D eigenvalue weighted by Crippen LogP contribution is -2.60. The standard InChI is InChI=1S/C112H220O6/c1-22-23-24-25-42-45-80-103-104(115-103)81-46-43-40-38-36-34-32-30-28-26-27-29-31-33-35-37-39-41-44-47-90-114-106-83-85-108(117-110(106,19)87-57-77-100(15)73-53-69-96(11)65-49-61-92(4)5)112(21,89-59-79-102(17)75-55-71-98(13)67-51-63-94(8)9)118-111(20,88-58-78-101(16)74-54-70-97(12)66-50-62-93(6)7)107-84-82-105(116-107)109(18,113)86-56-76-99(14)72-52-68-95(10)64-48-60-91(2)3/h91-108,113H,22-90H2,1-21H3/t95-,96-,97-,98-,99-,100-,101-,102-,103-,104-,105-,106-,107-,108+,109+,110+,111-,112+/m1/s1. The third-order valence-corrected chi connectivity index (χ3v) is 30.5. The Morgan fingerprint density at radius 3 is 0.907 bits per heavy atom. The van der Waals surface area contributed by atoms with Crippen molar-refractivity contribution in [2.75, 3.05) is 6.61 Å². The topological polar surface area (TPSA) is 69.7 Å². The van der Waals surface area contributed by atoms with E-state index >= 15 is 0 Å². The molecule has 3 aliphatic rings. The van der Waals surface area contributed by atoms with Crippen LogP contribution < -0.4 is 0 Å². The first-order chi connectivity index (χ1) is 56.5. The van der Waals surface area contributed by atoms with Crippen LogP contribution in [0.5, 0.6) is 0 Å². The Morgan fingerprint density at radius 2 is 0.568 bits per heavy atom. The minimum Gasteiger partial charge on any atom is -0.387 e. The first kappa shape index (κ1) is 112. The van der Waals surface area contributed by atoms with Crippen molar-refractivity contribution >= 4 is 0 Å². The summed E-state index contributed by atoms with van der Waals surface area (Å²) in [6.07, 6.45) is 89.5. The SMILES string of the molecule is CCCCCCCC[C@H]1O[C@@H]1CCCCCCCCCCCCCCCCCCCCCCO[C@@H]1CC[C@@H]([C@](C)(CCC[C@H](C)CCC[C@H](C)CCCC(C)C)O[C@](C)(CCC[C@H](C)CCC[C@H](C)CCCC(C)C)[C@H]2CC[C@H]([C@@](C)(O)CCC[C@H](C)CCC[C@H](C)CCCC(C)C)O2)O[C@@]1(C)CCC[C@H](C)CCC[C@H](C)CCCC(C)C. The van der Waals surface area contributed by atoms with Gasteiger partial charge < -0.3 is 28.8 Å². The molecule has 0 saturated carbocycles. The molecule has 3 rings (SSSR count). The first-order valence-corrected chi connectivity index (χ1v) is 54.5. The molecule has 6 heteroatoms. The molecule has 18 atom stereocenters. The highest BCUT2D eigenvalue weighted by atomic mass is 16.6. The first-order valence-electron chi connectivity index (χ1n) is 54.5. The van der Waals surface area contributed by atoms with Crippen molar-refractivity contribution < 1.29 is 28.8 Å². The van der Waals surface area contributed by atoms with Crippen LogP contribution in [0.3, 0.4) is 0 Å². The van der Waals surface area contributed by atoms with E-state index in [9.17, 15) is 5.11 Å². The van der Waals surface area contributed by atoms with E-state index in [1.54, 1.807) is 0 Å². The Hall–Kier alpha value is -0.240. The van der Waals surface area contributed by atoms with E-state index in [0.717, 1.165) is 131 Å². The molecule has 3 fully saturated rings. The fourth-order valence-corrected chi connectivity index (χ4v) is 21.6. The van der Waals surface area contributed by atoms with Crippen LogP contribution in [-0.4, -0.2) is 70.7 Å². The molecule has 0 unspecified atom stereocenters. The smallest absolute Gasteiger partial charge is 0.0924 e. The molecule has 118 heavy (non-hydrogen) atoms. The molecule has 0 radical (unpaired) electrons. The van der Waals surface area contributed by atoms with Gasteiger partial charge in [-0.3, -0.25) is 0 Å². The van der Waals surface area contributed by atoms with Crippen molar-refractivity contribution in [2.45, 2.75) is 641 Å². The van der Waals surface area contributed by atoms with Crippen molar-refractivity contribution in [1.82, 2.24) is 0 Å². The van der Waals surface area contributed by atoms with Gasteiger partial charge in [0.25, 0.3) is 0 Å². The van der Waals surface area contributed by atoms with Crippen LogP contribution in [0.25, 0.3) is 0 Å². The highest BCUT2D eigenvalue weighted by Crippen LogP contribution is 2.48. The number of ether oxygens (including phenoxy) is 5. The van der Waals surface area contributed by atoms with E-state index in [4.69, 9.17) is 23.7 Å². The largest absolute Gasteiger partial charge is 0.387 e. The zero-order valence-corrected chi connectivity index (χ0v) is 84.7. The lowest BCUT2D eigenvalue weighted by Gasteiger charge is -2.53. The molecule has 0 aromatic carbocycles. The predicted octanol–water partition coefficient (Wildman–Crippen LogP) is 36.6. The van der Waals surface area contributed by atoms with Gasteiger partial charge in [-0.2, -0.15) is 0 Å². The molecule has 3 aliphatic heterocycles. The molecule has 0 aromatic rings. The lowest BCUT2D eigenvalue weighted by atomic mass is 9.78. The van der Waals surface area contributed by atoms with Gasteiger partial charge in [-0.1, -0.05) is 484 Å². The van der Waals surface area contributed by atoms with Crippen molar-refractivity contribution in [3.8, 4) is 0 Å². The quantitative estimate of drug-likeness (QED) is 0.0483. The van der Waals surface area contributed by atoms with Gasteiger partial charge in [0, 0.05) is 6.61 Å². The molecule has 3 saturated heterocycles. The Labute approximate surface area is 743 Å². The Morgan fingerprint density at radius 1 is 0.297 bits per heavy atom. The summed E-state index contributed by atoms with van der Waals surface area (Å²) >= 11 is 0. The van der Waals surface area contributed by atoms with Gasteiger partial charge in [0.2, 0.25) is 0 Å². The van der Waals surface area contributed by atoms with Crippen LogP contribution in [0.4, 0.5) is 0 Å². The minimum absolute atomic E-state index is 0.0453. The summed E-state index contributed by atoms with van der Waals surface area (Å²) in [6, 6.07) is 0. The maximum atomic E-state index is 12.6. The van der Waals surface area contributed by atoms with Gasteiger partial charge in [-0.05, 0) is 169 Å². The summed E-state index contributed by atoms with van der Waals surface area (Å²) in [5.41, 5.74) is -2.31. The highest BCUT2D eigenvalue weighted by molar-refractivity contribution is 5.02. The van der Waals surface area contributed by atoms with Crippen LogP contribution in [0, 0.1) is 71.0 Å². The number of unbranched alkanes of at least 4 members (excludes halogenated alkanes) is 24. The van der Waals surface area contributed by atoms with Crippen molar-refractivity contribution in [1.29, 1.82) is 0 Å². The normalized spacial score (nSPS) is 22.9. The van der Waals surface area contributed by atoms with Gasteiger partial charge >= 0.3 is 0 Å². The van der Waals surface area contributed by atoms with Crippen LogP contribution in [0.15, 0.2) is 0 Å². The van der Waals surface area contributed by atoms with E-state index in [2.05, 4.69) is 145 Å². The molecule has 0 aromatic heterocycles. The molecular weight excluding hydrogens is 1440 g/mol. The van der Waals surface area contributed by atoms with E-state index in [-0.39, 0.29) is 24.4 Å². The fourth-order valence-electron chi connectivity index (χ4n) is 21.6. The summed E-state index contributed by atoms with van der Waals surface area (Å²) in [4.78, 5) is 0. The molecule has 0 bridgehead atoms. The van der Waals surface area contributed by atoms with Crippen molar-refractivity contribution in [3.63, 3.8) is 0 Å². The average Bonchev–Trinajstić information content (AvgIpc) is 1.24. The van der Waals surface area contributed by atoms with Crippen LogP contribution in [0.1, 0.15) is 582 Å². The van der Waals surface area contributed by atoms with Gasteiger partial charge in [-0.15, -0.1) is 0 Å². The average molecular weight is 1660 g/mol. The molecule has 1 N–H and O–H groups in total. The van der Waals surface area contributed by atoms with Gasteiger partial charge in [0.05, 0.1) is 59.0 Å². The Kier molecular flexibility index (Phi) is 64.4. The lowest BCUT2D eigenvalue weighted by molar-refractivity contribution is -0.287. The van der Waals surface area contributed by atoms with E-state index in [1.807, 2.05) is 0 Å². The second-order valence-corrected chi connectivity index (χ2v) is 45.7. The summed E-state index contributed by atoms with van der Waals surface area (Å²) in [5.74, 6) is 9.28. The molecular formula is C112H220O6. The molecule has 3 heterocycles. The highest BCUT2D eigenvalue weighted by Gasteiger charge is 2.54. The summed E-state index contributed by atoms with van der Waals surface area (Å²) in [5, 5.41) is 12.6. The second kappa shape index (κ2) is 67.9. The summed E-state index contributed by atoms with van der Waals surface area (Å²) in [7, 11) is 0. The fraction of sp³-hybridized carbons (Fsp3) is 1.00. The number of epoxide rings is 1. The molecule has 0 amide bonds. The van der Waals surface area contributed by atoms with E-state index in [1.165, 1.54) is 360 Å². The zero-order valence-electron chi connectivity index (χ0n) is 84.7. The van der Waals surface area contributed by atoms with E-state index in [0.29, 0.717) is 35.9 Å². The molecule has 0 spiro atoms. The van der Waals surface area contributed by atoms with E-state index < -0.39 is 22.4 Å². The minimum atomic E-state index is -0.874. The number of rotatable bonds is 84. The van der Waals surface area contributed by atoms with Crippen LogP contribution in [-0.2, 0) is 23.7 Å². The number of aliphatic hydroxyl groups is 1. The molecule has 0 aliphatic carbocycles. The van der Waals surface area contributed by atoms with Crippen molar-refractivity contribution in [3.05, 3.63) is 0 Å². The second-order valence-electron chi connectivity index (χ2n) is 45.7. The van der Waals surface area contributed by atoms with Gasteiger partial charge in [0.1, 0.15) is 0 Å². The monoisotopic (exact) mass is 1660 g/mol. The summed E-state index contributed by atoms with van der Waals surface area (Å²) in [6.45, 7) is 51.8. The maximum absolute atomic E-state index is 12.6. The summed E-state index contributed by atoms with van der Waals surface area (Å²) < 4.78 is 37.1. The number of hydrogen-bond donors (Lipinski definition) is 1. The molecule has 704 valence electrons. The van der Waals surface area contributed by atoms with Gasteiger partial charge in [-0.25, -0.2) is 0 Å². The van der Waals surface area contributed by atoms with Crippen LogP contribution in [0.2, 0.25) is 0 Å². The Bertz CT molecular complexity index is 2230. The predicted molar refractivity (Wildman–Crippen MR) is 521 cm³/mol.